The summed E-state index contributed by atoms with van der Waals surface area (Å²) in [6.07, 6.45) is 3.08. The minimum atomic E-state index is -3.48. The number of ether oxygens (including phenoxy) is 1. The van der Waals surface area contributed by atoms with Gasteiger partial charge in [-0.25, -0.2) is 13.2 Å². The molecule has 30 heavy (non-hydrogen) atoms. The molecule has 0 aliphatic carbocycles. The second-order valence-electron chi connectivity index (χ2n) is 7.09. The lowest BCUT2D eigenvalue weighted by molar-refractivity contribution is 0.0603. The van der Waals surface area contributed by atoms with Crippen molar-refractivity contribution in [2.24, 2.45) is 0 Å². The highest BCUT2D eigenvalue weighted by Gasteiger charge is 2.20. The highest BCUT2D eigenvalue weighted by Crippen LogP contribution is 2.23. The second-order valence-corrected chi connectivity index (χ2v) is 9.00. The summed E-state index contributed by atoms with van der Waals surface area (Å²) in [5.74, 6) is -0.737. The Morgan fingerprint density at radius 3 is 2.37 bits per heavy atom. The molecule has 158 valence electrons. The van der Waals surface area contributed by atoms with Crippen molar-refractivity contribution >= 4 is 38.5 Å². The van der Waals surface area contributed by atoms with E-state index in [-0.39, 0.29) is 18.9 Å². The minimum absolute atomic E-state index is 0.122. The fraction of sp³-hybridized carbons (Fsp3) is 0.273. The molecule has 3 aromatic rings. The molecular weight excluding hydrogens is 404 g/mol. The zero-order valence-corrected chi connectivity index (χ0v) is 18.0. The SMILES string of the molecule is COC(=O)c1cn(C(=O)CCCN(c2ccc(C)cc2)S(C)(=O)=O)c2ccccc12. The molecule has 3 rings (SSSR count). The summed E-state index contributed by atoms with van der Waals surface area (Å²) in [5.41, 5.74) is 2.53. The van der Waals surface area contributed by atoms with E-state index >= 15 is 0 Å². The first-order valence-corrected chi connectivity index (χ1v) is 11.3. The Morgan fingerprint density at radius 2 is 1.73 bits per heavy atom. The molecule has 1 heterocycles. The number of carbonyl (C=O) groups is 2. The molecule has 0 amide bonds. The Bertz CT molecular complexity index is 1180. The molecule has 0 spiro atoms. The number of nitrogens with zero attached hydrogens (tertiary/aromatic N) is 2. The molecule has 7 nitrogen and oxygen atoms in total. The molecule has 8 heteroatoms. The normalized spacial score (nSPS) is 11.4. The van der Waals surface area contributed by atoms with Crippen LogP contribution in [0.1, 0.15) is 33.6 Å². The lowest BCUT2D eigenvalue weighted by atomic mass is 10.2. The predicted molar refractivity (Wildman–Crippen MR) is 117 cm³/mol. The summed E-state index contributed by atoms with van der Waals surface area (Å²) >= 11 is 0. The number of benzene rings is 2. The smallest absolute Gasteiger partial charge is 0.340 e. The van der Waals surface area contributed by atoms with Crippen LogP contribution in [0.4, 0.5) is 5.69 Å². The number of anilines is 1. The van der Waals surface area contributed by atoms with Crippen LogP contribution in [0, 0.1) is 6.92 Å². The van der Waals surface area contributed by atoms with Gasteiger partial charge in [-0.05, 0) is 31.5 Å². The maximum atomic E-state index is 12.8. The van der Waals surface area contributed by atoms with Gasteiger partial charge in [-0.3, -0.25) is 13.7 Å². The molecule has 1 aromatic heterocycles. The summed E-state index contributed by atoms with van der Waals surface area (Å²) in [5, 5.41) is 0.634. The Morgan fingerprint density at radius 1 is 1.07 bits per heavy atom. The van der Waals surface area contributed by atoms with Crippen LogP contribution in [0.25, 0.3) is 10.9 Å². The van der Waals surface area contributed by atoms with Crippen LogP contribution in [-0.2, 0) is 14.8 Å². The molecule has 0 bridgehead atoms. The quantitative estimate of drug-likeness (QED) is 0.537. The van der Waals surface area contributed by atoms with E-state index in [1.807, 2.05) is 19.1 Å². The van der Waals surface area contributed by atoms with Crippen molar-refractivity contribution in [2.45, 2.75) is 19.8 Å². The zero-order valence-electron chi connectivity index (χ0n) is 17.2. The fourth-order valence-electron chi connectivity index (χ4n) is 3.35. The Hall–Kier alpha value is -3.13. The average molecular weight is 429 g/mol. The summed E-state index contributed by atoms with van der Waals surface area (Å²) in [6, 6.07) is 14.3. The number of aromatic nitrogens is 1. The summed E-state index contributed by atoms with van der Waals surface area (Å²) in [4.78, 5) is 24.9. The fourth-order valence-corrected chi connectivity index (χ4v) is 4.32. The van der Waals surface area contributed by atoms with E-state index < -0.39 is 16.0 Å². The second kappa shape index (κ2) is 8.71. The number of sulfonamides is 1. The number of para-hydroxylation sites is 1. The van der Waals surface area contributed by atoms with Crippen molar-refractivity contribution in [1.82, 2.24) is 4.57 Å². The first-order chi connectivity index (χ1) is 14.2. The molecule has 0 atom stereocenters. The van der Waals surface area contributed by atoms with E-state index in [0.717, 1.165) is 11.8 Å². The molecule has 0 aliphatic heterocycles. The first kappa shape index (κ1) is 21.6. The third kappa shape index (κ3) is 4.54. The van der Waals surface area contributed by atoms with Gasteiger partial charge in [0.05, 0.1) is 30.1 Å². The molecular formula is C22H24N2O5S. The standard InChI is InChI=1S/C22H24N2O5S/c1-16-10-12-17(13-11-16)24(30(3,27)28)14-6-9-21(25)23-15-19(22(26)29-2)18-7-4-5-8-20(18)23/h4-5,7-8,10-13,15H,6,9,14H2,1-3H3. The number of methoxy groups -OCH3 is 1. The highest BCUT2D eigenvalue weighted by molar-refractivity contribution is 7.92. The van der Waals surface area contributed by atoms with E-state index in [1.165, 1.54) is 22.2 Å². The first-order valence-electron chi connectivity index (χ1n) is 9.48. The third-order valence-electron chi connectivity index (χ3n) is 4.86. The summed E-state index contributed by atoms with van der Waals surface area (Å²) in [7, 11) is -2.19. The number of hydrogen-bond acceptors (Lipinski definition) is 5. The summed E-state index contributed by atoms with van der Waals surface area (Å²) < 4.78 is 32.0. The van der Waals surface area contributed by atoms with Crippen molar-refractivity contribution in [3.63, 3.8) is 0 Å². The number of aryl methyl sites for hydroxylation is 1. The van der Waals surface area contributed by atoms with Gasteiger partial charge in [-0.1, -0.05) is 35.9 Å². The summed E-state index contributed by atoms with van der Waals surface area (Å²) in [6.45, 7) is 2.11. The lowest BCUT2D eigenvalue weighted by Crippen LogP contribution is -2.31. The van der Waals surface area contributed by atoms with E-state index in [1.54, 1.807) is 36.4 Å². The van der Waals surface area contributed by atoms with Crippen LogP contribution in [-0.4, -0.2) is 44.8 Å². The lowest BCUT2D eigenvalue weighted by Gasteiger charge is -2.22. The Balaban J connectivity index is 1.78. The largest absolute Gasteiger partial charge is 0.465 e. The maximum Gasteiger partial charge on any atom is 0.340 e. The van der Waals surface area contributed by atoms with Crippen LogP contribution < -0.4 is 4.31 Å². The van der Waals surface area contributed by atoms with Gasteiger partial charge in [-0.2, -0.15) is 0 Å². The van der Waals surface area contributed by atoms with Gasteiger partial charge < -0.3 is 4.74 Å². The highest BCUT2D eigenvalue weighted by atomic mass is 32.2. The predicted octanol–water partition coefficient (Wildman–Crippen LogP) is 3.62. The minimum Gasteiger partial charge on any atom is -0.465 e. The van der Waals surface area contributed by atoms with Crippen molar-refractivity contribution < 1.29 is 22.7 Å². The molecule has 0 aliphatic rings. The van der Waals surface area contributed by atoms with Gasteiger partial charge in [0, 0.05) is 24.5 Å². The number of hydrogen-bond donors (Lipinski definition) is 0. The van der Waals surface area contributed by atoms with Crippen molar-refractivity contribution in [3.8, 4) is 0 Å². The Labute approximate surface area is 175 Å². The molecule has 0 unspecified atom stereocenters. The molecule has 0 saturated carbocycles. The number of rotatable bonds is 7. The maximum absolute atomic E-state index is 12.8. The monoisotopic (exact) mass is 428 g/mol. The van der Waals surface area contributed by atoms with Gasteiger partial charge in [-0.15, -0.1) is 0 Å². The number of carbonyl (C=O) groups excluding carboxylic acids is 2. The van der Waals surface area contributed by atoms with Crippen molar-refractivity contribution in [2.75, 3.05) is 24.2 Å². The van der Waals surface area contributed by atoms with Crippen LogP contribution >= 0.6 is 0 Å². The molecule has 2 aromatic carbocycles. The molecule has 0 N–H and O–H groups in total. The zero-order chi connectivity index (χ0) is 21.9. The van der Waals surface area contributed by atoms with E-state index in [0.29, 0.717) is 28.6 Å². The van der Waals surface area contributed by atoms with Crippen molar-refractivity contribution in [1.29, 1.82) is 0 Å². The molecule has 0 radical (unpaired) electrons. The van der Waals surface area contributed by atoms with Crippen LogP contribution in [0.3, 0.4) is 0 Å². The van der Waals surface area contributed by atoms with E-state index in [9.17, 15) is 18.0 Å². The van der Waals surface area contributed by atoms with Gasteiger partial charge in [0.2, 0.25) is 15.9 Å². The van der Waals surface area contributed by atoms with Gasteiger partial charge in [0.15, 0.2) is 0 Å². The molecule has 0 saturated heterocycles. The number of esters is 1. The van der Waals surface area contributed by atoms with Crippen LogP contribution in [0.2, 0.25) is 0 Å². The van der Waals surface area contributed by atoms with Crippen molar-refractivity contribution in [3.05, 3.63) is 65.9 Å². The van der Waals surface area contributed by atoms with Gasteiger partial charge in [0.25, 0.3) is 0 Å². The van der Waals surface area contributed by atoms with Gasteiger partial charge in [0.1, 0.15) is 0 Å². The average Bonchev–Trinajstić information content (AvgIpc) is 3.10. The van der Waals surface area contributed by atoms with Crippen LogP contribution in [0.5, 0.6) is 0 Å². The van der Waals surface area contributed by atoms with E-state index in [2.05, 4.69) is 0 Å². The number of fused-ring (bicyclic) bond motifs is 1. The van der Waals surface area contributed by atoms with Crippen LogP contribution in [0.15, 0.2) is 54.7 Å². The third-order valence-corrected chi connectivity index (χ3v) is 6.05. The van der Waals surface area contributed by atoms with E-state index in [4.69, 9.17) is 4.74 Å². The Kier molecular flexibility index (Phi) is 6.26. The topological polar surface area (TPSA) is 85.7 Å². The van der Waals surface area contributed by atoms with Gasteiger partial charge >= 0.3 is 5.97 Å². The molecule has 0 fully saturated rings.